The van der Waals surface area contributed by atoms with Gasteiger partial charge in [-0.3, -0.25) is 0 Å². The standard InChI is InChI=1S/C12H18O/c1-3-10(4-2)9-11-7-5-6-8-12(11)13/h5-8,10,13H,3-4,9H2,1-2H3. The van der Waals surface area contributed by atoms with E-state index >= 15 is 0 Å². The molecule has 0 unspecified atom stereocenters. The second kappa shape index (κ2) is 4.90. The lowest BCUT2D eigenvalue weighted by Gasteiger charge is -2.12. The fourth-order valence-electron chi connectivity index (χ4n) is 1.57. The average molecular weight is 178 g/mol. The molecule has 72 valence electrons. The number of phenols is 1. The first-order valence-electron chi connectivity index (χ1n) is 5.04. The summed E-state index contributed by atoms with van der Waals surface area (Å²) >= 11 is 0. The van der Waals surface area contributed by atoms with Gasteiger partial charge in [0.15, 0.2) is 0 Å². The quantitative estimate of drug-likeness (QED) is 0.749. The molecule has 0 spiro atoms. The molecular weight excluding hydrogens is 160 g/mol. The molecule has 13 heavy (non-hydrogen) atoms. The van der Waals surface area contributed by atoms with Crippen LogP contribution in [0.15, 0.2) is 24.3 Å². The average Bonchev–Trinajstić information content (AvgIpc) is 2.17. The zero-order valence-electron chi connectivity index (χ0n) is 8.46. The molecule has 1 nitrogen and oxygen atoms in total. The van der Waals surface area contributed by atoms with E-state index < -0.39 is 0 Å². The van der Waals surface area contributed by atoms with Crippen LogP contribution in [0.3, 0.4) is 0 Å². The fourth-order valence-corrected chi connectivity index (χ4v) is 1.57. The van der Waals surface area contributed by atoms with Crippen LogP contribution in [0.25, 0.3) is 0 Å². The molecule has 1 aromatic rings. The van der Waals surface area contributed by atoms with Crippen LogP contribution in [0.4, 0.5) is 0 Å². The molecule has 0 fully saturated rings. The topological polar surface area (TPSA) is 20.2 Å². The maximum absolute atomic E-state index is 9.55. The van der Waals surface area contributed by atoms with E-state index in [-0.39, 0.29) is 0 Å². The number of hydrogen-bond donors (Lipinski definition) is 1. The molecule has 0 bridgehead atoms. The van der Waals surface area contributed by atoms with Crippen LogP contribution in [0.1, 0.15) is 32.3 Å². The van der Waals surface area contributed by atoms with Crippen molar-refractivity contribution in [1.29, 1.82) is 0 Å². The first kappa shape index (κ1) is 10.1. The highest BCUT2D eigenvalue weighted by Gasteiger charge is 2.07. The van der Waals surface area contributed by atoms with E-state index in [2.05, 4.69) is 13.8 Å². The third-order valence-corrected chi connectivity index (χ3v) is 2.65. The summed E-state index contributed by atoms with van der Waals surface area (Å²) in [5.74, 6) is 1.14. The second-order valence-corrected chi connectivity index (χ2v) is 3.52. The minimum Gasteiger partial charge on any atom is -0.508 e. The van der Waals surface area contributed by atoms with Gasteiger partial charge in [-0.15, -0.1) is 0 Å². The van der Waals surface area contributed by atoms with Crippen LogP contribution >= 0.6 is 0 Å². The molecule has 0 aliphatic rings. The Morgan fingerprint density at radius 2 is 1.77 bits per heavy atom. The zero-order chi connectivity index (χ0) is 9.68. The van der Waals surface area contributed by atoms with Gasteiger partial charge in [-0.25, -0.2) is 0 Å². The Morgan fingerprint density at radius 3 is 2.31 bits per heavy atom. The molecule has 0 radical (unpaired) electrons. The summed E-state index contributed by atoms with van der Waals surface area (Å²) in [7, 11) is 0. The molecule has 1 heteroatoms. The van der Waals surface area contributed by atoms with E-state index in [4.69, 9.17) is 0 Å². The lowest BCUT2D eigenvalue weighted by Crippen LogP contribution is -2.01. The van der Waals surface area contributed by atoms with Gasteiger partial charge in [0.25, 0.3) is 0 Å². The third-order valence-electron chi connectivity index (χ3n) is 2.65. The van der Waals surface area contributed by atoms with Crippen molar-refractivity contribution in [3.8, 4) is 5.75 Å². The molecule has 0 aliphatic heterocycles. The van der Waals surface area contributed by atoms with Crippen molar-refractivity contribution in [2.75, 3.05) is 0 Å². The second-order valence-electron chi connectivity index (χ2n) is 3.52. The zero-order valence-corrected chi connectivity index (χ0v) is 8.46. The number of hydrogen-bond acceptors (Lipinski definition) is 1. The normalized spacial score (nSPS) is 10.7. The number of aromatic hydroxyl groups is 1. The Bertz CT molecular complexity index is 251. The molecular formula is C12H18O. The molecule has 1 aromatic carbocycles. The molecule has 0 aliphatic carbocycles. The van der Waals surface area contributed by atoms with Crippen LogP contribution in [0, 0.1) is 5.92 Å². The summed E-state index contributed by atoms with van der Waals surface area (Å²) in [4.78, 5) is 0. The van der Waals surface area contributed by atoms with Crippen molar-refractivity contribution >= 4 is 0 Å². The van der Waals surface area contributed by atoms with E-state index in [1.165, 1.54) is 12.8 Å². The minimum atomic E-state index is 0.439. The first-order chi connectivity index (χ1) is 6.27. The molecule has 0 heterocycles. The Balaban J connectivity index is 2.67. The molecule has 0 amide bonds. The Hall–Kier alpha value is -0.980. The predicted octanol–water partition coefficient (Wildman–Crippen LogP) is 3.37. The Morgan fingerprint density at radius 1 is 1.15 bits per heavy atom. The molecule has 0 saturated heterocycles. The van der Waals surface area contributed by atoms with Gasteiger partial charge in [0.05, 0.1) is 0 Å². The van der Waals surface area contributed by atoms with Crippen LogP contribution in [-0.4, -0.2) is 5.11 Å². The van der Waals surface area contributed by atoms with Gasteiger partial charge in [0.1, 0.15) is 5.75 Å². The molecule has 0 atom stereocenters. The highest BCUT2D eigenvalue weighted by atomic mass is 16.3. The predicted molar refractivity (Wildman–Crippen MR) is 55.9 cm³/mol. The van der Waals surface area contributed by atoms with E-state index in [0.717, 1.165) is 12.0 Å². The highest BCUT2D eigenvalue weighted by Crippen LogP contribution is 2.22. The SMILES string of the molecule is CCC(CC)Cc1ccccc1O. The Labute approximate surface area is 80.4 Å². The molecule has 1 rings (SSSR count). The molecule has 0 saturated carbocycles. The van der Waals surface area contributed by atoms with Crippen LogP contribution in [0.2, 0.25) is 0 Å². The number of para-hydroxylation sites is 1. The van der Waals surface area contributed by atoms with Crippen LogP contribution in [-0.2, 0) is 6.42 Å². The number of rotatable bonds is 4. The number of benzene rings is 1. The monoisotopic (exact) mass is 178 g/mol. The Kier molecular flexibility index (Phi) is 3.81. The van der Waals surface area contributed by atoms with Gasteiger partial charge in [-0.05, 0) is 24.0 Å². The maximum Gasteiger partial charge on any atom is 0.118 e. The van der Waals surface area contributed by atoms with Gasteiger partial charge in [-0.1, -0.05) is 44.9 Å². The summed E-state index contributed by atoms with van der Waals surface area (Å²) < 4.78 is 0. The minimum absolute atomic E-state index is 0.439. The van der Waals surface area contributed by atoms with Crippen LogP contribution < -0.4 is 0 Å². The van der Waals surface area contributed by atoms with Gasteiger partial charge >= 0.3 is 0 Å². The first-order valence-corrected chi connectivity index (χ1v) is 5.04. The van der Waals surface area contributed by atoms with Gasteiger partial charge in [-0.2, -0.15) is 0 Å². The lowest BCUT2D eigenvalue weighted by atomic mass is 9.94. The van der Waals surface area contributed by atoms with Crippen molar-refractivity contribution in [3.05, 3.63) is 29.8 Å². The molecule has 0 aromatic heterocycles. The summed E-state index contributed by atoms with van der Waals surface area (Å²) in [5.41, 5.74) is 1.08. The van der Waals surface area contributed by atoms with Crippen molar-refractivity contribution in [2.24, 2.45) is 5.92 Å². The van der Waals surface area contributed by atoms with Crippen molar-refractivity contribution in [3.63, 3.8) is 0 Å². The number of phenolic OH excluding ortho intramolecular Hbond substituents is 1. The fraction of sp³-hybridized carbons (Fsp3) is 0.500. The summed E-state index contributed by atoms with van der Waals surface area (Å²) in [5, 5.41) is 9.55. The lowest BCUT2D eigenvalue weighted by molar-refractivity contribution is 0.444. The highest BCUT2D eigenvalue weighted by molar-refractivity contribution is 5.31. The van der Waals surface area contributed by atoms with E-state index in [1.54, 1.807) is 6.07 Å². The van der Waals surface area contributed by atoms with Gasteiger partial charge in [0.2, 0.25) is 0 Å². The van der Waals surface area contributed by atoms with Crippen molar-refractivity contribution < 1.29 is 5.11 Å². The molecule has 1 N–H and O–H groups in total. The largest absolute Gasteiger partial charge is 0.508 e. The smallest absolute Gasteiger partial charge is 0.118 e. The van der Waals surface area contributed by atoms with Gasteiger partial charge < -0.3 is 5.11 Å². The van der Waals surface area contributed by atoms with E-state index in [0.29, 0.717) is 11.7 Å². The van der Waals surface area contributed by atoms with Crippen LogP contribution in [0.5, 0.6) is 5.75 Å². The summed E-state index contributed by atoms with van der Waals surface area (Å²) in [6.07, 6.45) is 3.37. The van der Waals surface area contributed by atoms with Crippen molar-refractivity contribution in [1.82, 2.24) is 0 Å². The van der Waals surface area contributed by atoms with E-state index in [9.17, 15) is 5.11 Å². The summed E-state index contributed by atoms with van der Waals surface area (Å²) in [6.45, 7) is 4.41. The maximum atomic E-state index is 9.55. The van der Waals surface area contributed by atoms with E-state index in [1.807, 2.05) is 18.2 Å². The third kappa shape index (κ3) is 2.76. The van der Waals surface area contributed by atoms with Crippen molar-refractivity contribution in [2.45, 2.75) is 33.1 Å². The van der Waals surface area contributed by atoms with Gasteiger partial charge in [0, 0.05) is 0 Å². The summed E-state index contributed by atoms with van der Waals surface area (Å²) in [6, 6.07) is 7.62.